The van der Waals surface area contributed by atoms with Crippen LogP contribution in [-0.4, -0.2) is 35.8 Å². The molecule has 4 rings (SSSR count). The van der Waals surface area contributed by atoms with Gasteiger partial charge in [-0.25, -0.2) is 18.4 Å². The van der Waals surface area contributed by atoms with Gasteiger partial charge >= 0.3 is 0 Å². The molecule has 2 fully saturated rings. The van der Waals surface area contributed by atoms with E-state index in [1.54, 1.807) is 13.1 Å². The zero-order valence-electron chi connectivity index (χ0n) is 14.9. The predicted octanol–water partition coefficient (Wildman–Crippen LogP) is 2.21. The number of hydrogen-bond acceptors (Lipinski definition) is 6. The highest BCUT2D eigenvalue weighted by molar-refractivity contribution is 7.93. The van der Waals surface area contributed by atoms with E-state index in [0.717, 1.165) is 24.1 Å². The molecule has 2 aliphatic rings. The third-order valence-corrected chi connectivity index (χ3v) is 8.41. The van der Waals surface area contributed by atoms with Crippen molar-refractivity contribution in [3.05, 3.63) is 36.0 Å². The summed E-state index contributed by atoms with van der Waals surface area (Å²) >= 11 is 5.09. The molecular formula is C18H21N5O2S2. The molecule has 0 amide bonds. The van der Waals surface area contributed by atoms with Gasteiger partial charge in [-0.3, -0.25) is 0 Å². The molecular weight excluding hydrogens is 382 g/mol. The maximum atomic E-state index is 12.9. The van der Waals surface area contributed by atoms with Crippen LogP contribution in [0.5, 0.6) is 0 Å². The van der Waals surface area contributed by atoms with Gasteiger partial charge in [0.2, 0.25) is 0 Å². The molecule has 27 heavy (non-hydrogen) atoms. The summed E-state index contributed by atoms with van der Waals surface area (Å²) in [7, 11) is -1.48. The lowest BCUT2D eigenvalue weighted by atomic mass is 10.1. The number of nitrogen functional groups attached to an aromatic ring is 1. The van der Waals surface area contributed by atoms with Crippen molar-refractivity contribution in [2.24, 2.45) is 0 Å². The van der Waals surface area contributed by atoms with E-state index in [9.17, 15) is 8.42 Å². The van der Waals surface area contributed by atoms with Crippen LogP contribution in [0.1, 0.15) is 31.4 Å². The maximum absolute atomic E-state index is 12.9. The number of nitrogens with one attached hydrogen (secondary N) is 2. The number of nitrogens with zero attached hydrogens (tertiary/aromatic N) is 2. The van der Waals surface area contributed by atoms with Crippen LogP contribution < -0.4 is 16.4 Å². The normalized spacial score (nSPS) is 18.0. The molecule has 1 heterocycles. The number of thiocarbonyl (C=S) groups is 1. The zero-order valence-corrected chi connectivity index (χ0v) is 16.5. The summed E-state index contributed by atoms with van der Waals surface area (Å²) in [6.45, 7) is 0. The van der Waals surface area contributed by atoms with Crippen LogP contribution in [0.3, 0.4) is 0 Å². The van der Waals surface area contributed by atoms with Gasteiger partial charge in [0.15, 0.2) is 20.8 Å². The Balaban J connectivity index is 1.66. The molecule has 0 atom stereocenters. The van der Waals surface area contributed by atoms with E-state index in [1.165, 1.54) is 0 Å². The van der Waals surface area contributed by atoms with Gasteiger partial charge in [-0.2, -0.15) is 0 Å². The van der Waals surface area contributed by atoms with Crippen LogP contribution in [0.15, 0.2) is 30.3 Å². The molecule has 0 unspecified atom stereocenters. The summed E-state index contributed by atoms with van der Waals surface area (Å²) in [6.07, 6.45) is 2.71. The second-order valence-electron chi connectivity index (χ2n) is 7.02. The summed E-state index contributed by atoms with van der Waals surface area (Å²) < 4.78 is 24.9. The Labute approximate surface area is 163 Å². The van der Waals surface area contributed by atoms with Gasteiger partial charge in [-0.15, -0.1) is 0 Å². The standard InChI is InChI=1S/C18H21N5O2S2/c1-20-17(26)21-12-4-2-11(3-5-12)16-22-14(10-15(19)23-16)18(8-9-18)27(24,25)13-6-7-13/h2-5,10,13H,6-9H2,1H3,(H2,19,22,23)(H2,20,21,26). The van der Waals surface area contributed by atoms with Crippen molar-refractivity contribution in [1.29, 1.82) is 0 Å². The van der Waals surface area contributed by atoms with Crippen LogP contribution in [-0.2, 0) is 14.6 Å². The Hall–Kier alpha value is -2.26. The van der Waals surface area contributed by atoms with Crippen LogP contribution in [0.2, 0.25) is 0 Å². The average Bonchev–Trinajstić information content (AvgIpc) is 3.54. The van der Waals surface area contributed by atoms with Crippen molar-refractivity contribution < 1.29 is 8.42 Å². The first kappa shape index (κ1) is 18.1. The van der Waals surface area contributed by atoms with Gasteiger partial charge in [0.1, 0.15) is 10.6 Å². The number of benzene rings is 1. The molecule has 0 radical (unpaired) electrons. The van der Waals surface area contributed by atoms with E-state index < -0.39 is 14.6 Å². The smallest absolute Gasteiger partial charge is 0.170 e. The third kappa shape index (κ3) is 3.25. The van der Waals surface area contributed by atoms with E-state index in [2.05, 4.69) is 20.6 Å². The zero-order chi connectivity index (χ0) is 19.2. The summed E-state index contributed by atoms with van der Waals surface area (Å²) in [5.41, 5.74) is 8.11. The molecule has 1 aromatic heterocycles. The molecule has 2 aliphatic carbocycles. The number of aromatic nitrogens is 2. The average molecular weight is 404 g/mol. The van der Waals surface area contributed by atoms with Crippen molar-refractivity contribution in [3.8, 4) is 11.4 Å². The van der Waals surface area contributed by atoms with Crippen LogP contribution in [0.4, 0.5) is 11.5 Å². The summed E-state index contributed by atoms with van der Waals surface area (Å²) in [5, 5.41) is 6.19. The van der Waals surface area contributed by atoms with Gasteiger partial charge in [0, 0.05) is 24.4 Å². The Morgan fingerprint density at radius 2 is 1.89 bits per heavy atom. The van der Waals surface area contributed by atoms with Crippen LogP contribution in [0.25, 0.3) is 11.4 Å². The van der Waals surface area contributed by atoms with E-state index in [-0.39, 0.29) is 11.1 Å². The maximum Gasteiger partial charge on any atom is 0.170 e. The van der Waals surface area contributed by atoms with E-state index in [1.807, 2.05) is 24.3 Å². The molecule has 0 spiro atoms. The molecule has 1 aromatic carbocycles. The molecule has 2 aromatic rings. The molecule has 7 nitrogen and oxygen atoms in total. The number of sulfone groups is 1. The topological polar surface area (TPSA) is 110 Å². The minimum Gasteiger partial charge on any atom is -0.384 e. The van der Waals surface area contributed by atoms with E-state index in [4.69, 9.17) is 18.0 Å². The Morgan fingerprint density at radius 1 is 1.22 bits per heavy atom. The molecule has 0 bridgehead atoms. The van der Waals surface area contributed by atoms with Crippen molar-refractivity contribution in [1.82, 2.24) is 15.3 Å². The van der Waals surface area contributed by atoms with Crippen LogP contribution >= 0.6 is 12.2 Å². The highest BCUT2D eigenvalue weighted by atomic mass is 32.2. The van der Waals surface area contributed by atoms with Crippen molar-refractivity contribution in [3.63, 3.8) is 0 Å². The molecule has 142 valence electrons. The Morgan fingerprint density at radius 3 is 2.44 bits per heavy atom. The van der Waals surface area contributed by atoms with Gasteiger partial charge < -0.3 is 16.4 Å². The predicted molar refractivity (Wildman–Crippen MR) is 110 cm³/mol. The highest BCUT2D eigenvalue weighted by Gasteiger charge is 2.61. The molecule has 2 saturated carbocycles. The number of anilines is 2. The minimum atomic E-state index is -3.22. The van der Waals surface area contributed by atoms with Gasteiger partial charge in [-0.1, -0.05) is 0 Å². The van der Waals surface area contributed by atoms with E-state index >= 15 is 0 Å². The fourth-order valence-electron chi connectivity index (χ4n) is 3.22. The first-order chi connectivity index (χ1) is 12.9. The van der Waals surface area contributed by atoms with Crippen molar-refractivity contribution >= 4 is 38.7 Å². The molecule has 4 N–H and O–H groups in total. The lowest BCUT2D eigenvalue weighted by molar-refractivity contribution is 0.576. The van der Waals surface area contributed by atoms with Gasteiger partial charge in [0.25, 0.3) is 0 Å². The minimum absolute atomic E-state index is 0.221. The summed E-state index contributed by atoms with van der Waals surface area (Å²) in [4.78, 5) is 8.90. The van der Waals surface area contributed by atoms with Gasteiger partial charge in [0.05, 0.1) is 10.9 Å². The van der Waals surface area contributed by atoms with E-state index in [0.29, 0.717) is 29.5 Å². The Kier molecular flexibility index (Phi) is 4.31. The first-order valence-electron chi connectivity index (χ1n) is 8.83. The van der Waals surface area contributed by atoms with Gasteiger partial charge in [-0.05, 0) is 62.2 Å². The molecule has 0 saturated heterocycles. The third-order valence-electron chi connectivity index (χ3n) is 5.05. The number of rotatable bonds is 5. The van der Waals surface area contributed by atoms with Crippen molar-refractivity contribution in [2.75, 3.05) is 18.1 Å². The fraction of sp³-hybridized carbons (Fsp3) is 0.389. The lowest BCUT2D eigenvalue weighted by Gasteiger charge is -2.17. The molecule has 0 aliphatic heterocycles. The lowest BCUT2D eigenvalue weighted by Crippen LogP contribution is -2.26. The summed E-state index contributed by atoms with van der Waals surface area (Å²) in [5.74, 6) is 0.718. The van der Waals surface area contributed by atoms with Crippen LogP contribution in [0, 0.1) is 0 Å². The molecule has 9 heteroatoms. The SMILES string of the molecule is CNC(=S)Nc1ccc(-c2nc(N)cc(C3(S(=O)(=O)C4CC4)CC3)n2)cc1. The summed E-state index contributed by atoms with van der Waals surface area (Å²) in [6, 6.07) is 9.04. The number of hydrogen-bond donors (Lipinski definition) is 3. The number of nitrogens with two attached hydrogens (primary N) is 1. The van der Waals surface area contributed by atoms with Crippen molar-refractivity contribution in [2.45, 2.75) is 35.7 Å². The Bertz CT molecular complexity index is 997. The second kappa shape index (κ2) is 6.42. The monoisotopic (exact) mass is 403 g/mol. The first-order valence-corrected chi connectivity index (χ1v) is 10.8. The second-order valence-corrected chi connectivity index (χ2v) is 9.97. The highest BCUT2D eigenvalue weighted by Crippen LogP contribution is 2.57. The quantitative estimate of drug-likeness (QED) is 0.652. The fourth-order valence-corrected chi connectivity index (χ4v) is 5.80. The largest absolute Gasteiger partial charge is 0.384 e.